The van der Waals surface area contributed by atoms with E-state index in [-0.39, 0.29) is 11.8 Å². The summed E-state index contributed by atoms with van der Waals surface area (Å²) < 4.78 is 0. The minimum atomic E-state index is -0.497. The van der Waals surface area contributed by atoms with Crippen LogP contribution in [0.15, 0.2) is 29.2 Å². The van der Waals surface area contributed by atoms with E-state index in [1.165, 1.54) is 44.6 Å². The number of hydrogen-bond acceptors (Lipinski definition) is 3. The van der Waals surface area contributed by atoms with Crippen molar-refractivity contribution in [3.63, 3.8) is 0 Å². The van der Waals surface area contributed by atoms with Crippen LogP contribution in [-0.2, 0) is 16.0 Å². The third-order valence-corrected chi connectivity index (χ3v) is 5.54. The Morgan fingerprint density at radius 2 is 1.63 bits per heavy atom. The fraction of sp³-hybridized carbons (Fsp3) is 0.636. The van der Waals surface area contributed by atoms with Crippen molar-refractivity contribution in [1.29, 1.82) is 0 Å². The van der Waals surface area contributed by atoms with Gasteiger partial charge in [-0.1, -0.05) is 58.1 Å². The van der Waals surface area contributed by atoms with Gasteiger partial charge in [0, 0.05) is 24.1 Å². The molecule has 0 aromatic heterocycles. The number of carbonyl (C=O) groups is 2. The van der Waals surface area contributed by atoms with Gasteiger partial charge in [-0.2, -0.15) is 0 Å². The molecule has 0 aliphatic heterocycles. The lowest BCUT2D eigenvalue weighted by molar-refractivity contribution is -0.127. The highest BCUT2D eigenvalue weighted by Gasteiger charge is 2.19. The van der Waals surface area contributed by atoms with Crippen molar-refractivity contribution in [2.45, 2.75) is 83.1 Å². The van der Waals surface area contributed by atoms with Gasteiger partial charge in [-0.25, -0.2) is 0 Å². The highest BCUT2D eigenvalue weighted by atomic mass is 32.2. The number of amides is 2. The lowest BCUT2D eigenvalue weighted by atomic mass is 10.1. The van der Waals surface area contributed by atoms with E-state index in [4.69, 9.17) is 0 Å². The Bertz CT molecular complexity index is 546. The SMILES string of the molecule is CCCCCCCNC(=O)C(CSc1ccc(CCCC)cc1)NC(C)=O. The molecule has 1 rings (SSSR count). The van der Waals surface area contributed by atoms with Crippen LogP contribution in [0.25, 0.3) is 0 Å². The highest BCUT2D eigenvalue weighted by molar-refractivity contribution is 7.99. The second-order valence-electron chi connectivity index (χ2n) is 7.02. The second-order valence-corrected chi connectivity index (χ2v) is 8.11. The summed E-state index contributed by atoms with van der Waals surface area (Å²) in [5.41, 5.74) is 1.35. The van der Waals surface area contributed by atoms with Crippen LogP contribution in [0, 0.1) is 0 Å². The minimum absolute atomic E-state index is 0.0900. The van der Waals surface area contributed by atoms with Gasteiger partial charge in [0.05, 0.1) is 0 Å². The Labute approximate surface area is 169 Å². The van der Waals surface area contributed by atoms with E-state index < -0.39 is 6.04 Å². The Morgan fingerprint density at radius 1 is 0.963 bits per heavy atom. The van der Waals surface area contributed by atoms with Crippen LogP contribution in [0.1, 0.15) is 71.3 Å². The van der Waals surface area contributed by atoms with Crippen LogP contribution in [-0.4, -0.2) is 30.2 Å². The van der Waals surface area contributed by atoms with Gasteiger partial charge in [0.2, 0.25) is 11.8 Å². The van der Waals surface area contributed by atoms with Gasteiger partial charge < -0.3 is 10.6 Å². The molecule has 0 heterocycles. The highest BCUT2D eigenvalue weighted by Crippen LogP contribution is 2.20. The first-order valence-corrected chi connectivity index (χ1v) is 11.3. The summed E-state index contributed by atoms with van der Waals surface area (Å²) in [6.45, 7) is 6.52. The molecular formula is C22H36N2O2S. The molecular weight excluding hydrogens is 356 g/mol. The molecule has 0 radical (unpaired) electrons. The normalized spacial score (nSPS) is 11.8. The zero-order valence-electron chi connectivity index (χ0n) is 17.2. The van der Waals surface area contributed by atoms with Gasteiger partial charge in [0.25, 0.3) is 0 Å². The number of nitrogens with one attached hydrogen (secondary N) is 2. The van der Waals surface area contributed by atoms with E-state index in [0.29, 0.717) is 12.3 Å². The molecule has 2 N–H and O–H groups in total. The fourth-order valence-electron chi connectivity index (χ4n) is 2.80. The van der Waals surface area contributed by atoms with Crippen molar-refractivity contribution in [2.75, 3.05) is 12.3 Å². The van der Waals surface area contributed by atoms with Crippen LogP contribution < -0.4 is 10.6 Å². The number of aryl methyl sites for hydroxylation is 1. The number of benzene rings is 1. The Balaban J connectivity index is 2.44. The third kappa shape index (κ3) is 11.1. The molecule has 4 nitrogen and oxygen atoms in total. The van der Waals surface area contributed by atoms with Crippen LogP contribution in [0.4, 0.5) is 0 Å². The molecule has 0 aliphatic rings. The average molecular weight is 393 g/mol. The third-order valence-electron chi connectivity index (χ3n) is 4.43. The molecule has 0 saturated carbocycles. The molecule has 5 heteroatoms. The van der Waals surface area contributed by atoms with E-state index in [1.807, 2.05) is 0 Å². The summed E-state index contributed by atoms with van der Waals surface area (Å²) in [7, 11) is 0. The first-order valence-electron chi connectivity index (χ1n) is 10.3. The molecule has 152 valence electrons. The van der Waals surface area contributed by atoms with Gasteiger partial charge in [-0.15, -0.1) is 11.8 Å². The summed E-state index contributed by atoms with van der Waals surface area (Å²) in [4.78, 5) is 25.0. The van der Waals surface area contributed by atoms with Crippen molar-refractivity contribution >= 4 is 23.6 Å². The monoisotopic (exact) mass is 392 g/mol. The fourth-order valence-corrected chi connectivity index (χ4v) is 3.73. The Hall–Kier alpha value is -1.49. The molecule has 27 heavy (non-hydrogen) atoms. The number of unbranched alkanes of at least 4 members (excludes halogenated alkanes) is 5. The van der Waals surface area contributed by atoms with Gasteiger partial charge in [0.1, 0.15) is 6.04 Å². The zero-order valence-corrected chi connectivity index (χ0v) is 18.0. The summed E-state index contributed by atoms with van der Waals surface area (Å²) in [6.07, 6.45) is 9.31. The van der Waals surface area contributed by atoms with Crippen molar-refractivity contribution < 1.29 is 9.59 Å². The molecule has 0 spiro atoms. The molecule has 0 fully saturated rings. The number of thioether (sulfide) groups is 1. The van der Waals surface area contributed by atoms with Gasteiger partial charge in [-0.05, 0) is 37.0 Å². The smallest absolute Gasteiger partial charge is 0.243 e. The quantitative estimate of drug-likeness (QED) is 0.356. The zero-order chi connectivity index (χ0) is 19.9. The number of rotatable bonds is 14. The van der Waals surface area contributed by atoms with Gasteiger partial charge in [-0.3, -0.25) is 9.59 Å². The predicted molar refractivity (Wildman–Crippen MR) is 115 cm³/mol. The molecule has 0 saturated heterocycles. The summed E-state index contributed by atoms with van der Waals surface area (Å²) >= 11 is 1.61. The summed E-state index contributed by atoms with van der Waals surface area (Å²) in [6, 6.07) is 8.02. The molecule has 1 aromatic rings. The first kappa shape index (κ1) is 23.5. The van der Waals surface area contributed by atoms with Crippen LogP contribution in [0.5, 0.6) is 0 Å². The van der Waals surface area contributed by atoms with Gasteiger partial charge >= 0.3 is 0 Å². The maximum atomic E-state index is 12.4. The first-order chi connectivity index (χ1) is 13.1. The van der Waals surface area contributed by atoms with Gasteiger partial charge in [0.15, 0.2) is 0 Å². The lowest BCUT2D eigenvalue weighted by Crippen LogP contribution is -2.47. The minimum Gasteiger partial charge on any atom is -0.354 e. The second kappa shape index (κ2) is 14.6. The standard InChI is InChI=1S/C22H36N2O2S/c1-4-6-8-9-10-16-23-22(26)21(24-18(3)25)17-27-20-14-12-19(13-15-20)11-7-5-2/h12-15,21H,4-11,16-17H2,1-3H3,(H,23,26)(H,24,25). The van der Waals surface area contributed by atoms with Crippen molar-refractivity contribution in [2.24, 2.45) is 0 Å². The number of hydrogen-bond donors (Lipinski definition) is 2. The maximum absolute atomic E-state index is 12.4. The van der Waals surface area contributed by atoms with Crippen molar-refractivity contribution in [3.8, 4) is 0 Å². The van der Waals surface area contributed by atoms with E-state index in [2.05, 4.69) is 48.7 Å². The van der Waals surface area contributed by atoms with E-state index >= 15 is 0 Å². The predicted octanol–water partition coefficient (Wildman–Crippen LogP) is 4.71. The molecule has 1 aromatic carbocycles. The molecule has 2 amide bonds. The topological polar surface area (TPSA) is 58.2 Å². The molecule has 0 aliphatic carbocycles. The molecule has 1 unspecified atom stereocenters. The van der Waals surface area contributed by atoms with E-state index in [0.717, 1.165) is 24.2 Å². The van der Waals surface area contributed by atoms with E-state index in [1.54, 1.807) is 11.8 Å². The maximum Gasteiger partial charge on any atom is 0.243 e. The van der Waals surface area contributed by atoms with E-state index in [9.17, 15) is 9.59 Å². The summed E-state index contributed by atoms with van der Waals surface area (Å²) in [5, 5.41) is 5.75. The lowest BCUT2D eigenvalue weighted by Gasteiger charge is -2.17. The van der Waals surface area contributed by atoms with Crippen LogP contribution >= 0.6 is 11.8 Å². The average Bonchev–Trinajstić information content (AvgIpc) is 2.66. The Kier molecular flexibility index (Phi) is 12.7. The van der Waals surface area contributed by atoms with Crippen molar-refractivity contribution in [1.82, 2.24) is 10.6 Å². The molecule has 0 bridgehead atoms. The van der Waals surface area contributed by atoms with Crippen molar-refractivity contribution in [3.05, 3.63) is 29.8 Å². The van der Waals surface area contributed by atoms with Crippen LogP contribution in [0.3, 0.4) is 0 Å². The van der Waals surface area contributed by atoms with Crippen LogP contribution in [0.2, 0.25) is 0 Å². The number of carbonyl (C=O) groups excluding carboxylic acids is 2. The Morgan fingerprint density at radius 3 is 2.26 bits per heavy atom. The molecule has 1 atom stereocenters. The largest absolute Gasteiger partial charge is 0.354 e. The summed E-state index contributed by atoms with van der Waals surface area (Å²) in [5.74, 6) is 0.275.